The van der Waals surface area contributed by atoms with Crippen molar-refractivity contribution in [3.63, 3.8) is 0 Å². The Balaban J connectivity index is 1.39. The Morgan fingerprint density at radius 1 is 1.12 bits per heavy atom. The average Bonchev–Trinajstić information content (AvgIpc) is 3.12. The molecule has 0 saturated heterocycles. The second kappa shape index (κ2) is 9.15. The molecule has 0 atom stereocenters. The highest BCUT2D eigenvalue weighted by atomic mass is 32.1. The Bertz CT molecular complexity index is 1320. The summed E-state index contributed by atoms with van der Waals surface area (Å²) in [6, 6.07) is 14.0. The molecule has 164 valence electrons. The number of halogens is 2. The highest BCUT2D eigenvalue weighted by Gasteiger charge is 2.13. The number of aryl methyl sites for hydroxylation is 1. The molecule has 0 aliphatic rings. The molecule has 2 aromatic heterocycles. The summed E-state index contributed by atoms with van der Waals surface area (Å²) < 4.78 is 39.5. The number of ether oxygens (including phenoxy) is 2. The van der Waals surface area contributed by atoms with Gasteiger partial charge < -0.3 is 13.9 Å². The standard InChI is InChI=1S/C22H16F2N2O5S/c1-12-20(14-3-6-15(7-4-14)30-21(23)24)26-22(32-12)25-18(27)11-29-16-8-2-13-5-9-19(28)31-17(13)10-16/h2-10,21H,11H2,1H3,(H,25,26,27). The minimum absolute atomic E-state index is 0.0512. The van der Waals surface area contributed by atoms with E-state index in [0.717, 1.165) is 10.3 Å². The first-order valence-corrected chi connectivity index (χ1v) is 10.2. The minimum atomic E-state index is -2.89. The normalized spacial score (nSPS) is 11.0. The van der Waals surface area contributed by atoms with Crippen molar-refractivity contribution in [3.05, 3.63) is 69.9 Å². The average molecular weight is 458 g/mol. The van der Waals surface area contributed by atoms with Crippen LogP contribution in [0.3, 0.4) is 0 Å². The summed E-state index contributed by atoms with van der Waals surface area (Å²) in [6.07, 6.45) is 0. The third kappa shape index (κ3) is 5.09. The van der Waals surface area contributed by atoms with E-state index in [1.165, 1.54) is 35.6 Å². The number of thiazole rings is 1. The minimum Gasteiger partial charge on any atom is -0.484 e. The Kier molecular flexibility index (Phi) is 6.13. The molecular weight excluding hydrogens is 442 g/mol. The van der Waals surface area contributed by atoms with Gasteiger partial charge in [-0.1, -0.05) is 0 Å². The number of carbonyl (C=O) groups is 1. The first kappa shape index (κ1) is 21.4. The van der Waals surface area contributed by atoms with Crippen molar-refractivity contribution in [2.24, 2.45) is 0 Å². The number of fused-ring (bicyclic) bond motifs is 1. The van der Waals surface area contributed by atoms with E-state index in [-0.39, 0.29) is 12.4 Å². The SMILES string of the molecule is Cc1sc(NC(=O)COc2ccc3ccc(=O)oc3c2)nc1-c1ccc(OC(F)F)cc1. The summed E-state index contributed by atoms with van der Waals surface area (Å²) in [5, 5.41) is 3.79. The number of aromatic nitrogens is 1. The molecule has 0 saturated carbocycles. The number of hydrogen-bond acceptors (Lipinski definition) is 7. The van der Waals surface area contributed by atoms with Crippen LogP contribution in [0.2, 0.25) is 0 Å². The second-order valence-corrected chi connectivity index (χ2v) is 7.82. The van der Waals surface area contributed by atoms with E-state index in [4.69, 9.17) is 9.15 Å². The van der Waals surface area contributed by atoms with E-state index in [2.05, 4.69) is 15.0 Å². The lowest BCUT2D eigenvalue weighted by molar-refractivity contribution is -0.118. The van der Waals surface area contributed by atoms with E-state index in [1.54, 1.807) is 30.3 Å². The van der Waals surface area contributed by atoms with Crippen molar-refractivity contribution in [3.8, 4) is 22.8 Å². The molecule has 4 rings (SSSR count). The van der Waals surface area contributed by atoms with Gasteiger partial charge in [-0.15, -0.1) is 11.3 Å². The number of amides is 1. The van der Waals surface area contributed by atoms with Gasteiger partial charge >= 0.3 is 12.2 Å². The van der Waals surface area contributed by atoms with Crippen molar-refractivity contribution >= 4 is 33.3 Å². The topological polar surface area (TPSA) is 90.7 Å². The van der Waals surface area contributed by atoms with Crippen molar-refractivity contribution in [1.29, 1.82) is 0 Å². The van der Waals surface area contributed by atoms with Gasteiger partial charge in [-0.05, 0) is 49.4 Å². The number of alkyl halides is 2. The zero-order chi connectivity index (χ0) is 22.7. The molecule has 7 nitrogen and oxygen atoms in total. The molecule has 0 unspecified atom stereocenters. The molecule has 1 N–H and O–H groups in total. The number of nitrogens with one attached hydrogen (secondary N) is 1. The van der Waals surface area contributed by atoms with Gasteiger partial charge in [0.15, 0.2) is 11.7 Å². The van der Waals surface area contributed by atoms with Gasteiger partial charge in [0, 0.05) is 28.0 Å². The van der Waals surface area contributed by atoms with Crippen molar-refractivity contribution < 1.29 is 27.5 Å². The molecule has 2 aromatic carbocycles. The van der Waals surface area contributed by atoms with Gasteiger partial charge in [0.2, 0.25) is 0 Å². The summed E-state index contributed by atoms with van der Waals surface area (Å²) >= 11 is 1.28. The lowest BCUT2D eigenvalue weighted by atomic mass is 10.1. The molecular formula is C22H16F2N2O5S. The van der Waals surface area contributed by atoms with E-state index in [0.29, 0.717) is 27.7 Å². The van der Waals surface area contributed by atoms with Gasteiger partial charge in [0.05, 0.1) is 5.69 Å². The molecule has 0 aliphatic heterocycles. The second-order valence-electron chi connectivity index (χ2n) is 6.62. The van der Waals surface area contributed by atoms with Crippen LogP contribution < -0.4 is 20.4 Å². The lowest BCUT2D eigenvalue weighted by Gasteiger charge is -2.06. The molecule has 0 aliphatic carbocycles. The molecule has 0 fully saturated rings. The van der Waals surface area contributed by atoms with Crippen molar-refractivity contribution in [2.45, 2.75) is 13.5 Å². The van der Waals surface area contributed by atoms with E-state index in [9.17, 15) is 18.4 Å². The summed E-state index contributed by atoms with van der Waals surface area (Å²) in [5.41, 5.74) is 1.22. The fourth-order valence-corrected chi connectivity index (χ4v) is 3.80. The molecule has 0 bridgehead atoms. The van der Waals surface area contributed by atoms with Crippen molar-refractivity contribution in [2.75, 3.05) is 11.9 Å². The molecule has 1 amide bonds. The van der Waals surface area contributed by atoms with Gasteiger partial charge in [-0.25, -0.2) is 9.78 Å². The van der Waals surface area contributed by atoms with E-state index >= 15 is 0 Å². The zero-order valence-corrected chi connectivity index (χ0v) is 17.4. The molecule has 32 heavy (non-hydrogen) atoms. The highest BCUT2D eigenvalue weighted by Crippen LogP contribution is 2.31. The maximum atomic E-state index is 12.3. The van der Waals surface area contributed by atoms with E-state index in [1.807, 2.05) is 6.92 Å². The quantitative estimate of drug-likeness (QED) is 0.399. The summed E-state index contributed by atoms with van der Waals surface area (Å²) in [5.74, 6) is 0.0139. The van der Waals surface area contributed by atoms with Crippen LogP contribution in [-0.4, -0.2) is 24.1 Å². The number of carbonyl (C=O) groups excluding carboxylic acids is 1. The molecule has 2 heterocycles. The van der Waals surface area contributed by atoms with E-state index < -0.39 is 18.1 Å². The van der Waals surface area contributed by atoms with Crippen LogP contribution >= 0.6 is 11.3 Å². The van der Waals surface area contributed by atoms with Crippen molar-refractivity contribution in [1.82, 2.24) is 4.98 Å². The Morgan fingerprint density at radius 3 is 2.59 bits per heavy atom. The van der Waals surface area contributed by atoms with Crippen LogP contribution in [0.1, 0.15) is 4.88 Å². The number of anilines is 1. The van der Waals surface area contributed by atoms with Crippen LogP contribution in [0.25, 0.3) is 22.2 Å². The Morgan fingerprint density at radius 2 is 1.84 bits per heavy atom. The van der Waals surface area contributed by atoms with Crippen LogP contribution in [-0.2, 0) is 4.79 Å². The highest BCUT2D eigenvalue weighted by molar-refractivity contribution is 7.16. The lowest BCUT2D eigenvalue weighted by Crippen LogP contribution is -2.20. The Labute approximate surface area is 184 Å². The fourth-order valence-electron chi connectivity index (χ4n) is 2.95. The molecule has 0 spiro atoms. The first-order valence-electron chi connectivity index (χ1n) is 9.36. The number of hydrogen-bond donors (Lipinski definition) is 1. The van der Waals surface area contributed by atoms with Gasteiger partial charge in [-0.3, -0.25) is 10.1 Å². The molecule has 0 radical (unpaired) electrons. The van der Waals surface area contributed by atoms with Gasteiger partial charge in [-0.2, -0.15) is 8.78 Å². The predicted octanol–water partition coefficient (Wildman–Crippen LogP) is 4.84. The monoisotopic (exact) mass is 458 g/mol. The third-order valence-corrected chi connectivity index (χ3v) is 5.25. The number of benzene rings is 2. The van der Waals surface area contributed by atoms with Crippen LogP contribution in [0.4, 0.5) is 13.9 Å². The van der Waals surface area contributed by atoms with Crippen LogP contribution in [0.5, 0.6) is 11.5 Å². The fraction of sp³-hybridized carbons (Fsp3) is 0.136. The van der Waals surface area contributed by atoms with Gasteiger partial charge in [0.1, 0.15) is 17.1 Å². The number of rotatable bonds is 7. The van der Waals surface area contributed by atoms with Crippen LogP contribution in [0.15, 0.2) is 63.8 Å². The molecule has 10 heteroatoms. The maximum Gasteiger partial charge on any atom is 0.387 e. The van der Waals surface area contributed by atoms with Crippen LogP contribution in [0, 0.1) is 6.92 Å². The largest absolute Gasteiger partial charge is 0.484 e. The third-order valence-electron chi connectivity index (χ3n) is 4.36. The number of nitrogens with zero attached hydrogens (tertiary/aromatic N) is 1. The Hall–Kier alpha value is -3.79. The first-order chi connectivity index (χ1) is 15.4. The van der Waals surface area contributed by atoms with Gasteiger partial charge in [0.25, 0.3) is 5.91 Å². The maximum absolute atomic E-state index is 12.3. The summed E-state index contributed by atoms with van der Waals surface area (Å²) in [6.45, 7) is -1.32. The molecule has 4 aromatic rings. The summed E-state index contributed by atoms with van der Waals surface area (Å²) in [4.78, 5) is 28.9. The smallest absolute Gasteiger partial charge is 0.387 e. The predicted molar refractivity (Wildman–Crippen MR) is 116 cm³/mol. The summed E-state index contributed by atoms with van der Waals surface area (Å²) in [7, 11) is 0. The zero-order valence-electron chi connectivity index (χ0n) is 16.6.